The molecule has 0 bridgehead atoms. The zero-order valence-electron chi connectivity index (χ0n) is 18.7. The maximum absolute atomic E-state index is 10.6. The molecular weight excluding hydrogens is 456 g/mol. The topological polar surface area (TPSA) is 62.5 Å². The minimum atomic E-state index is -0.0954. The van der Waals surface area contributed by atoms with Crippen LogP contribution in [0, 0.1) is 13.8 Å². The lowest BCUT2D eigenvalue weighted by molar-refractivity contribution is 0.0842. The van der Waals surface area contributed by atoms with Crippen molar-refractivity contribution < 1.29 is 9.84 Å². The number of phenolic OH excluding ortho intramolecular Hbond substituents is 1. The standard InChI is InChI=1S/C25H27ClN4O2S/c1-15-12-19(16(2)30(15)21-13-17(26)8-9-22(21)31)24-23(20-7-3-4-10-27-20)28-25(33)29(24)14-18-6-5-11-32-18/h3-4,7-10,12-13,18,23-24,31H,5-6,11,14H2,1-2H3,(H,28,33)/t18-,23-,24+/m0/s1. The number of pyridine rings is 1. The van der Waals surface area contributed by atoms with Crippen LogP contribution >= 0.6 is 23.8 Å². The zero-order chi connectivity index (χ0) is 23.1. The van der Waals surface area contributed by atoms with E-state index in [1.807, 2.05) is 31.3 Å². The largest absolute Gasteiger partial charge is 0.506 e. The highest BCUT2D eigenvalue weighted by Gasteiger charge is 2.42. The molecule has 2 aliphatic heterocycles. The number of rotatable bonds is 5. The van der Waals surface area contributed by atoms with E-state index >= 15 is 0 Å². The van der Waals surface area contributed by atoms with Gasteiger partial charge in [0.2, 0.25) is 0 Å². The van der Waals surface area contributed by atoms with Crippen molar-refractivity contribution >= 4 is 28.9 Å². The summed E-state index contributed by atoms with van der Waals surface area (Å²) in [6.45, 7) is 5.64. The fourth-order valence-electron chi connectivity index (χ4n) is 5.08. The second kappa shape index (κ2) is 8.97. The Morgan fingerprint density at radius 1 is 1.24 bits per heavy atom. The number of aromatic nitrogens is 2. The number of aromatic hydroxyl groups is 1. The fraction of sp³-hybridized carbons (Fsp3) is 0.360. The highest BCUT2D eigenvalue weighted by atomic mass is 35.5. The van der Waals surface area contributed by atoms with Gasteiger partial charge in [-0.15, -0.1) is 0 Å². The second-order valence-corrected chi connectivity index (χ2v) is 9.53. The lowest BCUT2D eigenvalue weighted by Crippen LogP contribution is -2.36. The Balaban J connectivity index is 1.61. The van der Waals surface area contributed by atoms with Crippen LogP contribution in [0.25, 0.3) is 5.69 Å². The van der Waals surface area contributed by atoms with Gasteiger partial charge in [0.25, 0.3) is 0 Å². The third-order valence-electron chi connectivity index (χ3n) is 6.59. The van der Waals surface area contributed by atoms with Crippen LogP contribution < -0.4 is 5.32 Å². The SMILES string of the molecule is Cc1cc([C@@H]2[C@H](c3ccccn3)NC(=S)N2C[C@@H]2CCCO2)c(C)n1-c1cc(Cl)ccc1O. The molecule has 8 heteroatoms. The molecule has 5 rings (SSSR count). The number of nitrogens with zero attached hydrogens (tertiary/aromatic N) is 3. The minimum absolute atomic E-state index is 0.0575. The van der Waals surface area contributed by atoms with Crippen LogP contribution in [0.15, 0.2) is 48.7 Å². The van der Waals surface area contributed by atoms with E-state index in [-0.39, 0.29) is 23.9 Å². The molecule has 0 aliphatic carbocycles. The van der Waals surface area contributed by atoms with E-state index in [9.17, 15) is 5.11 Å². The number of hydrogen-bond acceptors (Lipinski definition) is 4. The van der Waals surface area contributed by atoms with Crippen molar-refractivity contribution in [2.24, 2.45) is 0 Å². The number of halogens is 1. The summed E-state index contributed by atoms with van der Waals surface area (Å²) in [7, 11) is 0. The summed E-state index contributed by atoms with van der Waals surface area (Å²) in [6.07, 6.45) is 4.09. The molecule has 0 saturated carbocycles. The highest BCUT2D eigenvalue weighted by molar-refractivity contribution is 7.80. The predicted molar refractivity (Wildman–Crippen MR) is 133 cm³/mol. The first-order valence-electron chi connectivity index (χ1n) is 11.2. The lowest BCUT2D eigenvalue weighted by Gasteiger charge is -2.30. The molecule has 2 aliphatic rings. The van der Waals surface area contributed by atoms with Crippen LogP contribution in [0.1, 0.15) is 47.6 Å². The maximum Gasteiger partial charge on any atom is 0.170 e. The lowest BCUT2D eigenvalue weighted by atomic mass is 9.96. The van der Waals surface area contributed by atoms with Gasteiger partial charge in [-0.2, -0.15) is 0 Å². The molecule has 3 aromatic rings. The first kappa shape index (κ1) is 22.2. The molecule has 172 valence electrons. The summed E-state index contributed by atoms with van der Waals surface area (Å²) in [5.41, 5.74) is 4.77. The number of ether oxygens (including phenoxy) is 1. The van der Waals surface area contributed by atoms with Gasteiger partial charge < -0.3 is 24.6 Å². The summed E-state index contributed by atoms with van der Waals surface area (Å²) in [5, 5.41) is 15.4. The van der Waals surface area contributed by atoms with Crippen LogP contribution in [0.3, 0.4) is 0 Å². The van der Waals surface area contributed by atoms with Crippen molar-refractivity contribution in [2.75, 3.05) is 13.2 Å². The summed E-state index contributed by atoms with van der Waals surface area (Å²) in [5.74, 6) is 0.185. The van der Waals surface area contributed by atoms with Crippen molar-refractivity contribution in [1.82, 2.24) is 19.8 Å². The van der Waals surface area contributed by atoms with E-state index in [4.69, 9.17) is 28.6 Å². The van der Waals surface area contributed by atoms with Gasteiger partial charge >= 0.3 is 0 Å². The molecule has 2 N–H and O–H groups in total. The van der Waals surface area contributed by atoms with Gasteiger partial charge in [-0.25, -0.2) is 0 Å². The molecule has 6 nitrogen and oxygen atoms in total. The molecule has 1 aromatic carbocycles. The number of phenols is 1. The van der Waals surface area contributed by atoms with Gasteiger partial charge in [0.05, 0.1) is 29.6 Å². The van der Waals surface area contributed by atoms with Crippen LogP contribution in [0.2, 0.25) is 5.02 Å². The summed E-state index contributed by atoms with van der Waals surface area (Å²) in [4.78, 5) is 6.88. The Hall–Kier alpha value is -2.61. The molecule has 0 spiro atoms. The molecule has 3 atom stereocenters. The second-order valence-electron chi connectivity index (χ2n) is 8.71. The Labute approximate surface area is 204 Å². The van der Waals surface area contributed by atoms with Crippen molar-refractivity contribution in [3.63, 3.8) is 0 Å². The summed E-state index contributed by atoms with van der Waals surface area (Å²) in [6, 6.07) is 13.1. The molecule has 0 radical (unpaired) electrons. The Morgan fingerprint density at radius 2 is 2.09 bits per heavy atom. The summed E-state index contributed by atoms with van der Waals surface area (Å²) >= 11 is 12.1. The van der Waals surface area contributed by atoms with Crippen molar-refractivity contribution in [3.8, 4) is 11.4 Å². The molecule has 2 fully saturated rings. The first-order valence-corrected chi connectivity index (χ1v) is 12.0. The van der Waals surface area contributed by atoms with Gasteiger partial charge in [0, 0.05) is 35.8 Å². The van der Waals surface area contributed by atoms with Crippen LogP contribution in [0.4, 0.5) is 0 Å². The Bertz CT molecular complexity index is 1180. The van der Waals surface area contributed by atoms with Crippen LogP contribution in [0.5, 0.6) is 5.75 Å². The van der Waals surface area contributed by atoms with E-state index in [0.29, 0.717) is 15.8 Å². The van der Waals surface area contributed by atoms with E-state index < -0.39 is 0 Å². The van der Waals surface area contributed by atoms with Crippen molar-refractivity contribution in [2.45, 2.75) is 44.9 Å². The quantitative estimate of drug-likeness (QED) is 0.499. The van der Waals surface area contributed by atoms with Gasteiger partial charge in [-0.3, -0.25) is 4.98 Å². The van der Waals surface area contributed by atoms with Crippen molar-refractivity contribution in [1.29, 1.82) is 0 Å². The van der Waals surface area contributed by atoms with E-state index in [1.165, 1.54) is 0 Å². The monoisotopic (exact) mass is 482 g/mol. The predicted octanol–water partition coefficient (Wildman–Crippen LogP) is 5.00. The minimum Gasteiger partial charge on any atom is -0.506 e. The summed E-state index contributed by atoms with van der Waals surface area (Å²) < 4.78 is 8.00. The average molecular weight is 483 g/mol. The Kier molecular flexibility index (Phi) is 6.03. The molecular formula is C25H27ClN4O2S. The van der Waals surface area contributed by atoms with E-state index in [0.717, 1.165) is 48.6 Å². The third kappa shape index (κ3) is 4.09. The molecule has 0 unspecified atom stereocenters. The molecule has 2 saturated heterocycles. The molecule has 33 heavy (non-hydrogen) atoms. The molecule has 2 aromatic heterocycles. The molecule has 0 amide bonds. The number of aryl methyl sites for hydroxylation is 1. The van der Waals surface area contributed by atoms with Gasteiger partial charge in [0.15, 0.2) is 5.11 Å². The third-order valence-corrected chi connectivity index (χ3v) is 7.18. The number of benzene rings is 1. The number of thiocarbonyl (C=S) groups is 1. The average Bonchev–Trinajstić information content (AvgIpc) is 3.50. The van der Waals surface area contributed by atoms with E-state index in [2.05, 4.69) is 32.8 Å². The zero-order valence-corrected chi connectivity index (χ0v) is 20.2. The van der Waals surface area contributed by atoms with Gasteiger partial charge in [0.1, 0.15) is 5.75 Å². The van der Waals surface area contributed by atoms with Crippen LogP contribution in [-0.2, 0) is 4.74 Å². The first-order chi connectivity index (χ1) is 15.9. The van der Waals surface area contributed by atoms with Crippen LogP contribution in [-0.4, -0.2) is 43.9 Å². The molecule has 4 heterocycles. The van der Waals surface area contributed by atoms with Gasteiger partial charge in [-0.1, -0.05) is 17.7 Å². The van der Waals surface area contributed by atoms with E-state index in [1.54, 1.807) is 18.2 Å². The fourth-order valence-corrected chi connectivity index (χ4v) is 5.56. The normalized spacial score (nSPS) is 22.7. The van der Waals surface area contributed by atoms with Gasteiger partial charge in [-0.05, 0) is 80.9 Å². The highest BCUT2D eigenvalue weighted by Crippen LogP contribution is 2.42. The maximum atomic E-state index is 10.6. The smallest absolute Gasteiger partial charge is 0.170 e. The van der Waals surface area contributed by atoms with Crippen molar-refractivity contribution in [3.05, 3.63) is 76.3 Å². The number of nitrogens with one attached hydrogen (secondary N) is 1. The number of hydrogen-bond donors (Lipinski definition) is 2. The Morgan fingerprint density at radius 3 is 2.82 bits per heavy atom.